The molecule has 0 aliphatic carbocycles. The van der Waals surface area contributed by atoms with Crippen molar-refractivity contribution in [1.82, 2.24) is 29.6 Å². The molecule has 2 aliphatic heterocycles. The van der Waals surface area contributed by atoms with Gasteiger partial charge in [-0.25, -0.2) is 26.9 Å². The summed E-state index contributed by atoms with van der Waals surface area (Å²) in [5.74, 6) is 0.260. The van der Waals surface area contributed by atoms with Crippen LogP contribution in [0.15, 0.2) is 23.4 Å². The number of halogens is 2. The highest BCUT2D eigenvalue weighted by Gasteiger charge is 2.30. The zero-order valence-corrected chi connectivity index (χ0v) is 19.5. The molecule has 2 aliphatic rings. The second kappa shape index (κ2) is 8.51. The number of hydrogen-bond acceptors (Lipinski definition) is 9. The summed E-state index contributed by atoms with van der Waals surface area (Å²) in [6, 6.07) is 1.74. The lowest BCUT2D eigenvalue weighted by Crippen LogP contribution is -2.54. The van der Waals surface area contributed by atoms with Crippen LogP contribution in [0.5, 0.6) is 0 Å². The third-order valence-corrected chi connectivity index (χ3v) is 8.00. The molecule has 0 saturated carbocycles. The van der Waals surface area contributed by atoms with Crippen molar-refractivity contribution in [1.29, 1.82) is 0 Å². The molecule has 0 bridgehead atoms. The summed E-state index contributed by atoms with van der Waals surface area (Å²) < 4.78 is 61.8. The van der Waals surface area contributed by atoms with E-state index in [0.29, 0.717) is 37.5 Å². The fraction of sp³-hybridized carbons (Fsp3) is 0.526. The first-order valence-electron chi connectivity index (χ1n) is 10.5. The van der Waals surface area contributed by atoms with Crippen LogP contribution in [0.4, 0.5) is 14.5 Å². The fourth-order valence-electron chi connectivity index (χ4n) is 4.14. The van der Waals surface area contributed by atoms with Gasteiger partial charge in [0.2, 0.25) is 10.0 Å². The minimum absolute atomic E-state index is 0.0496. The van der Waals surface area contributed by atoms with Crippen LogP contribution in [0.3, 0.4) is 0 Å². The van der Waals surface area contributed by atoms with Gasteiger partial charge < -0.3 is 15.0 Å². The molecule has 2 N–H and O–H groups in total. The zero-order chi connectivity index (χ0) is 23.3. The minimum atomic E-state index is -3.86. The Bertz CT molecular complexity index is 1270. The summed E-state index contributed by atoms with van der Waals surface area (Å²) in [4.78, 5) is 6.56. The Labute approximate surface area is 193 Å². The van der Waals surface area contributed by atoms with Crippen LogP contribution in [-0.4, -0.2) is 72.4 Å². The molecule has 0 amide bonds. The van der Waals surface area contributed by atoms with Gasteiger partial charge >= 0.3 is 0 Å². The number of hydrogen-bond donors (Lipinski definition) is 2. The van der Waals surface area contributed by atoms with E-state index in [2.05, 4.69) is 44.0 Å². The molecule has 0 spiro atoms. The number of aromatic nitrogens is 4. The predicted octanol–water partition coefficient (Wildman–Crippen LogP) is 1.65. The van der Waals surface area contributed by atoms with Gasteiger partial charge in [-0.05, 0) is 19.9 Å². The van der Waals surface area contributed by atoms with E-state index in [0.717, 1.165) is 11.3 Å². The van der Waals surface area contributed by atoms with Crippen LogP contribution < -0.4 is 14.9 Å². The summed E-state index contributed by atoms with van der Waals surface area (Å²) in [7, 11) is -3.86. The average Bonchev–Trinajstić information content (AvgIpc) is 3.36. The minimum Gasteiger partial charge on any atom is -0.378 e. The molecule has 0 radical (unpaired) electrons. The van der Waals surface area contributed by atoms with Crippen molar-refractivity contribution in [2.24, 2.45) is 0 Å². The molecule has 3 aromatic rings. The van der Waals surface area contributed by atoms with Crippen LogP contribution in [0.1, 0.15) is 25.3 Å². The number of ether oxygens (including phenoxy) is 1. The summed E-state index contributed by atoms with van der Waals surface area (Å²) >= 11 is 0.732. The smallest absolute Gasteiger partial charge is 0.291 e. The third kappa shape index (κ3) is 4.33. The van der Waals surface area contributed by atoms with Crippen LogP contribution in [0.25, 0.3) is 16.3 Å². The number of imidazole rings is 1. The van der Waals surface area contributed by atoms with E-state index in [1.54, 1.807) is 16.7 Å². The monoisotopic (exact) mass is 499 g/mol. The molecule has 14 heteroatoms. The second-order valence-electron chi connectivity index (χ2n) is 8.37. The molecule has 5 heterocycles. The first-order chi connectivity index (χ1) is 15.7. The van der Waals surface area contributed by atoms with Crippen molar-refractivity contribution in [3.8, 4) is 10.8 Å². The maximum Gasteiger partial charge on any atom is 0.291 e. The van der Waals surface area contributed by atoms with Crippen molar-refractivity contribution in [2.45, 2.75) is 43.3 Å². The molecule has 0 unspecified atom stereocenters. The standard InChI is InChI=1S/C19H23F2N7O3S2/c1-10-5-27(6-11(2)23-10)14-3-13(33(29,30)26-12-8-31-9-12)7-28-15(14)4-22-17(28)19-25-24-18(32-19)16(20)21/h3-4,7,10-12,16,23,26H,5-6,8-9H2,1-2H3/t10-,11-/m0/s1. The van der Waals surface area contributed by atoms with E-state index in [1.807, 2.05) is 0 Å². The number of rotatable bonds is 6. The van der Waals surface area contributed by atoms with Gasteiger partial charge in [0.15, 0.2) is 15.8 Å². The van der Waals surface area contributed by atoms with E-state index in [4.69, 9.17) is 4.74 Å². The van der Waals surface area contributed by atoms with Gasteiger partial charge in [-0.15, -0.1) is 10.2 Å². The maximum absolute atomic E-state index is 13.2. The number of nitrogens with one attached hydrogen (secondary N) is 2. The summed E-state index contributed by atoms with van der Waals surface area (Å²) in [6.07, 6.45) is 0.308. The topological polar surface area (TPSA) is 114 Å². The average molecular weight is 500 g/mol. The van der Waals surface area contributed by atoms with Gasteiger partial charge in [-0.1, -0.05) is 11.3 Å². The summed E-state index contributed by atoms with van der Waals surface area (Å²) in [5.41, 5.74) is 1.35. The first-order valence-corrected chi connectivity index (χ1v) is 12.8. The number of piperazine rings is 1. The van der Waals surface area contributed by atoms with Gasteiger partial charge in [0.1, 0.15) is 4.90 Å². The van der Waals surface area contributed by atoms with Crippen LogP contribution >= 0.6 is 11.3 Å². The normalized spacial score (nSPS) is 22.3. The van der Waals surface area contributed by atoms with E-state index in [-0.39, 0.29) is 33.9 Å². The van der Waals surface area contributed by atoms with Gasteiger partial charge in [0, 0.05) is 31.4 Å². The van der Waals surface area contributed by atoms with Crippen molar-refractivity contribution < 1.29 is 21.9 Å². The number of pyridine rings is 1. The number of anilines is 1. The fourth-order valence-corrected chi connectivity index (χ4v) is 6.06. The highest BCUT2D eigenvalue weighted by atomic mass is 32.2. The van der Waals surface area contributed by atoms with Crippen molar-refractivity contribution in [3.05, 3.63) is 23.5 Å². The lowest BCUT2D eigenvalue weighted by Gasteiger charge is -2.38. The molecule has 5 rings (SSSR count). The molecule has 0 aromatic carbocycles. The molecule has 2 fully saturated rings. The maximum atomic E-state index is 13.2. The van der Waals surface area contributed by atoms with Crippen molar-refractivity contribution in [3.63, 3.8) is 0 Å². The predicted molar refractivity (Wildman–Crippen MR) is 118 cm³/mol. The van der Waals surface area contributed by atoms with E-state index in [9.17, 15) is 17.2 Å². The lowest BCUT2D eigenvalue weighted by molar-refractivity contribution is 0.00482. The Hall–Kier alpha value is -2.26. The Morgan fingerprint density at radius 2 is 1.97 bits per heavy atom. The van der Waals surface area contributed by atoms with Gasteiger partial charge in [-0.3, -0.25) is 4.40 Å². The summed E-state index contributed by atoms with van der Waals surface area (Å²) in [5, 5.41) is 10.6. The lowest BCUT2D eigenvalue weighted by atomic mass is 10.1. The van der Waals surface area contributed by atoms with E-state index < -0.39 is 21.5 Å². The van der Waals surface area contributed by atoms with Crippen LogP contribution in [-0.2, 0) is 14.8 Å². The number of sulfonamides is 1. The first kappa shape index (κ1) is 22.5. The number of fused-ring (bicyclic) bond motifs is 1. The molecule has 178 valence electrons. The molecule has 2 saturated heterocycles. The van der Waals surface area contributed by atoms with Crippen LogP contribution in [0.2, 0.25) is 0 Å². The van der Waals surface area contributed by atoms with Crippen LogP contribution in [0, 0.1) is 0 Å². The molecule has 3 aromatic heterocycles. The Morgan fingerprint density at radius 1 is 1.24 bits per heavy atom. The second-order valence-corrected chi connectivity index (χ2v) is 11.1. The largest absolute Gasteiger partial charge is 0.378 e. The molecule has 10 nitrogen and oxygen atoms in total. The number of alkyl halides is 2. The highest BCUT2D eigenvalue weighted by molar-refractivity contribution is 7.89. The van der Waals surface area contributed by atoms with E-state index >= 15 is 0 Å². The Morgan fingerprint density at radius 3 is 2.58 bits per heavy atom. The molecule has 2 atom stereocenters. The van der Waals surface area contributed by atoms with Crippen molar-refractivity contribution >= 4 is 32.6 Å². The SMILES string of the molecule is C[C@H]1CN(c2cc(S(=O)(=O)NC3COC3)cn3c(-c4nnc(C(F)F)s4)ncc23)C[C@H](C)N1. The van der Waals surface area contributed by atoms with E-state index in [1.165, 1.54) is 6.20 Å². The van der Waals surface area contributed by atoms with Crippen molar-refractivity contribution in [2.75, 3.05) is 31.2 Å². The molecule has 33 heavy (non-hydrogen) atoms. The van der Waals surface area contributed by atoms with Gasteiger partial charge in [0.25, 0.3) is 6.43 Å². The molecular formula is C19H23F2N7O3S2. The zero-order valence-electron chi connectivity index (χ0n) is 17.9. The van der Waals surface area contributed by atoms with Gasteiger partial charge in [0.05, 0.1) is 36.7 Å². The highest BCUT2D eigenvalue weighted by Crippen LogP contribution is 2.33. The Balaban J connectivity index is 1.65. The third-order valence-electron chi connectivity index (χ3n) is 5.58. The molecular weight excluding hydrogens is 476 g/mol. The quantitative estimate of drug-likeness (QED) is 0.527. The number of nitrogens with zero attached hydrogens (tertiary/aromatic N) is 5. The summed E-state index contributed by atoms with van der Waals surface area (Å²) in [6.45, 7) is 6.10. The Kier molecular flexibility index (Phi) is 5.81. The van der Waals surface area contributed by atoms with Gasteiger partial charge in [-0.2, -0.15) is 0 Å².